The summed E-state index contributed by atoms with van der Waals surface area (Å²) in [4.78, 5) is 21.4. The Kier molecular flexibility index (Phi) is 2.42. The number of hydrogen-bond donors (Lipinski definition) is 3. The van der Waals surface area contributed by atoms with Crippen molar-refractivity contribution in [3.8, 4) is 0 Å². The van der Waals surface area contributed by atoms with Crippen LogP contribution in [-0.2, 0) is 4.79 Å². The predicted octanol–water partition coefficient (Wildman–Crippen LogP) is -0.809. The molecule has 0 unspecified atom stereocenters. The van der Waals surface area contributed by atoms with Gasteiger partial charge >= 0.3 is 0 Å². The topological polar surface area (TPSA) is 86.9 Å². The number of carbonyl (C=O) groups is 2. The molecule has 0 aliphatic heterocycles. The first-order valence-corrected chi connectivity index (χ1v) is 3.26. The lowest BCUT2D eigenvalue weighted by molar-refractivity contribution is -0.119. The molecule has 0 aliphatic carbocycles. The number of hydrazine groups is 1. The summed E-state index contributed by atoms with van der Waals surface area (Å²) in [6.45, 7) is 1.30. The van der Waals surface area contributed by atoms with Crippen molar-refractivity contribution in [2.24, 2.45) is 0 Å². The Balaban J connectivity index is 2.45. The first-order chi connectivity index (χ1) is 5.70. The van der Waals surface area contributed by atoms with Crippen LogP contribution in [0.3, 0.4) is 0 Å². The van der Waals surface area contributed by atoms with Gasteiger partial charge in [0, 0.05) is 13.1 Å². The van der Waals surface area contributed by atoms with Crippen molar-refractivity contribution in [2.75, 3.05) is 0 Å². The van der Waals surface area contributed by atoms with Crippen LogP contribution in [0.15, 0.2) is 12.4 Å². The van der Waals surface area contributed by atoms with Crippen molar-refractivity contribution >= 4 is 11.8 Å². The first kappa shape index (κ1) is 8.25. The molecule has 0 saturated carbocycles. The number of H-pyrrole nitrogens is 1. The summed E-state index contributed by atoms with van der Waals surface area (Å²) in [6.07, 6.45) is 2.79. The number of aromatic nitrogens is 2. The van der Waals surface area contributed by atoms with E-state index in [0.717, 1.165) is 0 Å². The summed E-state index contributed by atoms with van der Waals surface area (Å²) < 4.78 is 0. The molecule has 0 saturated heterocycles. The standard InChI is InChI=1S/C6H8N4O2/c1-4(11)9-10-6(12)5-2-7-8-3-5/h2-3H,1H3,(H,7,8)(H,9,11)(H,10,12). The lowest BCUT2D eigenvalue weighted by Gasteiger charge is -2.01. The van der Waals surface area contributed by atoms with E-state index in [4.69, 9.17) is 0 Å². The molecule has 0 radical (unpaired) electrons. The fraction of sp³-hybridized carbons (Fsp3) is 0.167. The van der Waals surface area contributed by atoms with Crippen LogP contribution in [0, 0.1) is 0 Å². The number of carbonyl (C=O) groups excluding carboxylic acids is 2. The molecule has 0 bridgehead atoms. The number of hydrogen-bond acceptors (Lipinski definition) is 3. The van der Waals surface area contributed by atoms with Crippen molar-refractivity contribution in [1.82, 2.24) is 21.0 Å². The molecule has 0 atom stereocenters. The van der Waals surface area contributed by atoms with Crippen LogP contribution in [0.1, 0.15) is 17.3 Å². The van der Waals surface area contributed by atoms with E-state index in [-0.39, 0.29) is 5.91 Å². The first-order valence-electron chi connectivity index (χ1n) is 3.26. The summed E-state index contributed by atoms with van der Waals surface area (Å²) in [6, 6.07) is 0. The average molecular weight is 168 g/mol. The minimum atomic E-state index is -0.404. The van der Waals surface area contributed by atoms with E-state index in [0.29, 0.717) is 5.56 Å². The second-order valence-corrected chi connectivity index (χ2v) is 2.12. The summed E-state index contributed by atoms with van der Waals surface area (Å²) >= 11 is 0. The second kappa shape index (κ2) is 3.51. The Hall–Kier alpha value is -1.85. The van der Waals surface area contributed by atoms with Crippen LogP contribution >= 0.6 is 0 Å². The van der Waals surface area contributed by atoms with Gasteiger partial charge in [-0.15, -0.1) is 0 Å². The fourth-order valence-electron chi connectivity index (χ4n) is 0.592. The highest BCUT2D eigenvalue weighted by Crippen LogP contribution is 1.90. The van der Waals surface area contributed by atoms with E-state index in [9.17, 15) is 9.59 Å². The van der Waals surface area contributed by atoms with Gasteiger partial charge in [-0.2, -0.15) is 5.10 Å². The van der Waals surface area contributed by atoms with Gasteiger partial charge in [0.15, 0.2) is 0 Å². The van der Waals surface area contributed by atoms with Crippen LogP contribution in [-0.4, -0.2) is 22.0 Å². The molecule has 3 N–H and O–H groups in total. The van der Waals surface area contributed by atoms with Crippen molar-refractivity contribution < 1.29 is 9.59 Å². The smallest absolute Gasteiger partial charge is 0.272 e. The number of rotatable bonds is 1. The molecule has 12 heavy (non-hydrogen) atoms. The van der Waals surface area contributed by atoms with Crippen LogP contribution in [0.5, 0.6) is 0 Å². The molecule has 6 heteroatoms. The molecular weight excluding hydrogens is 160 g/mol. The number of nitrogens with zero attached hydrogens (tertiary/aromatic N) is 1. The summed E-state index contributed by atoms with van der Waals surface area (Å²) in [5, 5.41) is 6.05. The minimum Gasteiger partial charge on any atom is -0.285 e. The normalized spacial score (nSPS) is 9.08. The molecule has 0 fully saturated rings. The van der Waals surface area contributed by atoms with Gasteiger partial charge in [-0.1, -0.05) is 0 Å². The highest BCUT2D eigenvalue weighted by atomic mass is 16.2. The van der Waals surface area contributed by atoms with Crippen molar-refractivity contribution in [3.63, 3.8) is 0 Å². The Morgan fingerprint density at radius 2 is 2.25 bits per heavy atom. The molecule has 6 nitrogen and oxygen atoms in total. The molecule has 1 heterocycles. The molecular formula is C6H8N4O2. The van der Waals surface area contributed by atoms with Crippen LogP contribution in [0.2, 0.25) is 0 Å². The van der Waals surface area contributed by atoms with Crippen LogP contribution in [0.4, 0.5) is 0 Å². The monoisotopic (exact) mass is 168 g/mol. The van der Waals surface area contributed by atoms with Gasteiger partial charge in [-0.3, -0.25) is 25.5 Å². The van der Waals surface area contributed by atoms with Gasteiger partial charge in [0.2, 0.25) is 5.91 Å². The van der Waals surface area contributed by atoms with E-state index in [1.54, 1.807) is 0 Å². The third kappa shape index (κ3) is 2.08. The minimum absolute atomic E-state index is 0.327. The SMILES string of the molecule is CC(=O)NNC(=O)c1cn[nH]c1. The Bertz CT molecular complexity index is 280. The van der Waals surface area contributed by atoms with E-state index >= 15 is 0 Å². The van der Waals surface area contributed by atoms with Crippen molar-refractivity contribution in [2.45, 2.75) is 6.92 Å². The van der Waals surface area contributed by atoms with Crippen LogP contribution in [0.25, 0.3) is 0 Å². The van der Waals surface area contributed by atoms with E-state index < -0.39 is 5.91 Å². The zero-order valence-corrected chi connectivity index (χ0v) is 6.42. The molecule has 0 aromatic carbocycles. The average Bonchev–Trinajstić information content (AvgIpc) is 2.51. The van der Waals surface area contributed by atoms with E-state index in [1.165, 1.54) is 19.3 Å². The van der Waals surface area contributed by atoms with Gasteiger partial charge in [-0.25, -0.2) is 0 Å². The molecule has 2 amide bonds. The fourth-order valence-corrected chi connectivity index (χ4v) is 0.592. The Labute approximate surface area is 68.3 Å². The van der Waals surface area contributed by atoms with Gasteiger partial charge < -0.3 is 0 Å². The van der Waals surface area contributed by atoms with E-state index in [1.807, 2.05) is 0 Å². The maximum Gasteiger partial charge on any atom is 0.272 e. The number of nitrogens with one attached hydrogen (secondary N) is 3. The third-order valence-electron chi connectivity index (χ3n) is 1.11. The van der Waals surface area contributed by atoms with Crippen molar-refractivity contribution in [3.05, 3.63) is 18.0 Å². The number of aromatic amines is 1. The lowest BCUT2D eigenvalue weighted by atomic mass is 10.3. The van der Waals surface area contributed by atoms with Crippen molar-refractivity contribution in [1.29, 1.82) is 0 Å². The highest BCUT2D eigenvalue weighted by Gasteiger charge is 2.04. The Morgan fingerprint density at radius 1 is 1.50 bits per heavy atom. The zero-order chi connectivity index (χ0) is 8.97. The molecule has 0 aliphatic rings. The molecule has 0 spiro atoms. The summed E-state index contributed by atoms with van der Waals surface area (Å²) in [5.41, 5.74) is 4.70. The van der Waals surface area contributed by atoms with Crippen LogP contribution < -0.4 is 10.9 Å². The van der Waals surface area contributed by atoms with E-state index in [2.05, 4.69) is 21.0 Å². The number of amides is 2. The van der Waals surface area contributed by atoms with Gasteiger partial charge in [0.05, 0.1) is 11.8 Å². The maximum absolute atomic E-state index is 11.0. The zero-order valence-electron chi connectivity index (χ0n) is 6.42. The third-order valence-corrected chi connectivity index (χ3v) is 1.11. The molecule has 1 aromatic heterocycles. The predicted molar refractivity (Wildman–Crippen MR) is 39.9 cm³/mol. The van der Waals surface area contributed by atoms with Gasteiger partial charge in [0.1, 0.15) is 0 Å². The molecule has 64 valence electrons. The second-order valence-electron chi connectivity index (χ2n) is 2.12. The maximum atomic E-state index is 11.0. The lowest BCUT2D eigenvalue weighted by Crippen LogP contribution is -2.40. The highest BCUT2D eigenvalue weighted by molar-refractivity contribution is 5.94. The van der Waals surface area contributed by atoms with Gasteiger partial charge in [0.25, 0.3) is 5.91 Å². The largest absolute Gasteiger partial charge is 0.285 e. The Morgan fingerprint density at radius 3 is 2.75 bits per heavy atom. The van der Waals surface area contributed by atoms with Gasteiger partial charge in [-0.05, 0) is 0 Å². The molecule has 1 aromatic rings. The summed E-state index contributed by atoms with van der Waals surface area (Å²) in [5.74, 6) is -0.731. The molecule has 1 rings (SSSR count). The quantitative estimate of drug-likeness (QED) is 0.479. The summed E-state index contributed by atoms with van der Waals surface area (Å²) in [7, 11) is 0.